The summed E-state index contributed by atoms with van der Waals surface area (Å²) in [4.78, 5) is 25.9. The highest BCUT2D eigenvalue weighted by Gasteiger charge is 2.30. The predicted molar refractivity (Wildman–Crippen MR) is 106 cm³/mol. The molecule has 2 heterocycles. The molecule has 2 aromatic rings. The van der Waals surface area contributed by atoms with Gasteiger partial charge in [0.15, 0.2) is 5.82 Å². The predicted octanol–water partition coefficient (Wildman–Crippen LogP) is 3.13. The van der Waals surface area contributed by atoms with E-state index in [1.54, 1.807) is 11.3 Å². The summed E-state index contributed by atoms with van der Waals surface area (Å²) in [5.74, 6) is 0.750. The van der Waals surface area contributed by atoms with E-state index in [1.807, 2.05) is 22.1 Å². The van der Waals surface area contributed by atoms with Gasteiger partial charge in [0.05, 0.1) is 11.4 Å². The maximum Gasteiger partial charge on any atom is 0.346 e. The second-order valence-corrected chi connectivity index (χ2v) is 8.44. The first-order valence-electron chi connectivity index (χ1n) is 10.00. The number of aromatic nitrogens is 3. The van der Waals surface area contributed by atoms with E-state index in [2.05, 4.69) is 15.7 Å². The van der Waals surface area contributed by atoms with Crippen LogP contribution in [-0.4, -0.2) is 33.0 Å². The number of urea groups is 1. The molecule has 146 valence electrons. The number of nitrogens with one attached hydrogen (secondary N) is 2. The monoisotopic (exact) mass is 389 g/mol. The summed E-state index contributed by atoms with van der Waals surface area (Å²) in [5, 5.41) is 12.5. The highest BCUT2D eigenvalue weighted by Crippen LogP contribution is 2.37. The first kappa shape index (κ1) is 18.3. The Morgan fingerprint density at radius 2 is 1.96 bits per heavy atom. The highest BCUT2D eigenvalue weighted by molar-refractivity contribution is 7.13. The van der Waals surface area contributed by atoms with Gasteiger partial charge in [0.25, 0.3) is 0 Å². The molecule has 0 bridgehead atoms. The van der Waals surface area contributed by atoms with Crippen molar-refractivity contribution in [3.8, 4) is 10.7 Å². The lowest BCUT2D eigenvalue weighted by Gasteiger charge is -2.16. The number of nitrogens with zero attached hydrogens (tertiary/aromatic N) is 3. The van der Waals surface area contributed by atoms with Gasteiger partial charge in [0.1, 0.15) is 0 Å². The molecule has 7 nitrogen and oxygen atoms in total. The zero-order valence-electron chi connectivity index (χ0n) is 15.5. The quantitative estimate of drug-likeness (QED) is 0.745. The summed E-state index contributed by atoms with van der Waals surface area (Å²) in [6.45, 7) is 0.777. The summed E-state index contributed by atoms with van der Waals surface area (Å²) in [5.41, 5.74) is -0.0770. The third-order valence-corrected chi connectivity index (χ3v) is 6.19. The van der Waals surface area contributed by atoms with Crippen molar-refractivity contribution in [3.63, 3.8) is 0 Å². The molecular formula is C19H27N5O2S. The third-order valence-electron chi connectivity index (χ3n) is 5.32. The van der Waals surface area contributed by atoms with Crippen LogP contribution in [0.4, 0.5) is 4.79 Å². The number of carbonyl (C=O) groups excluding carboxylic acids is 1. The van der Waals surface area contributed by atoms with Crippen LogP contribution in [0.1, 0.15) is 57.4 Å². The van der Waals surface area contributed by atoms with Crippen LogP contribution < -0.4 is 16.3 Å². The van der Waals surface area contributed by atoms with Crippen LogP contribution >= 0.6 is 11.3 Å². The van der Waals surface area contributed by atoms with Crippen molar-refractivity contribution in [2.45, 2.75) is 70.0 Å². The fraction of sp³-hybridized carbons (Fsp3) is 0.632. The molecule has 2 fully saturated rings. The van der Waals surface area contributed by atoms with Gasteiger partial charge in [0, 0.05) is 18.6 Å². The molecule has 0 aliphatic heterocycles. The van der Waals surface area contributed by atoms with Gasteiger partial charge in [-0.05, 0) is 37.1 Å². The Morgan fingerprint density at radius 1 is 1.19 bits per heavy atom. The third kappa shape index (κ3) is 4.43. The number of thiophene rings is 1. The smallest absolute Gasteiger partial charge is 0.336 e. The zero-order valence-corrected chi connectivity index (χ0v) is 16.3. The van der Waals surface area contributed by atoms with Crippen molar-refractivity contribution in [2.24, 2.45) is 0 Å². The number of amides is 2. The van der Waals surface area contributed by atoms with Crippen molar-refractivity contribution in [2.75, 3.05) is 6.54 Å². The minimum absolute atomic E-state index is 0.0770. The van der Waals surface area contributed by atoms with Crippen LogP contribution in [0.5, 0.6) is 0 Å². The lowest BCUT2D eigenvalue weighted by Crippen LogP contribution is -2.43. The summed E-state index contributed by atoms with van der Waals surface area (Å²) >= 11 is 1.59. The minimum atomic E-state index is -0.143. The van der Waals surface area contributed by atoms with Gasteiger partial charge in [-0.2, -0.15) is 0 Å². The lowest BCUT2D eigenvalue weighted by molar-refractivity contribution is 0.235. The molecule has 27 heavy (non-hydrogen) atoms. The van der Waals surface area contributed by atoms with E-state index in [-0.39, 0.29) is 23.8 Å². The SMILES string of the molecule is O=C(NCCn1nc(-c2cccs2)n(C2CC2)c1=O)NC1CCCCCC1. The molecule has 0 saturated heterocycles. The molecule has 2 N–H and O–H groups in total. The standard InChI is InChI=1S/C19H27N5O2S/c25-18(21-14-6-3-1-2-4-7-14)20-11-12-23-19(26)24(15-9-10-15)17(22-23)16-8-5-13-27-16/h5,8,13-15H,1-4,6-7,9-12H2,(H2,20,21,25). The molecule has 0 aromatic carbocycles. The van der Waals surface area contributed by atoms with E-state index in [9.17, 15) is 9.59 Å². The molecule has 4 rings (SSSR count). The zero-order chi connectivity index (χ0) is 18.6. The van der Waals surface area contributed by atoms with E-state index in [0.717, 1.165) is 36.4 Å². The van der Waals surface area contributed by atoms with Crippen LogP contribution in [0.25, 0.3) is 10.7 Å². The molecule has 0 atom stereocenters. The summed E-state index contributed by atoms with van der Waals surface area (Å²) < 4.78 is 3.30. The topological polar surface area (TPSA) is 81.0 Å². The molecule has 8 heteroatoms. The van der Waals surface area contributed by atoms with Crippen molar-refractivity contribution < 1.29 is 4.79 Å². The second-order valence-electron chi connectivity index (χ2n) is 7.50. The highest BCUT2D eigenvalue weighted by atomic mass is 32.1. The first-order chi connectivity index (χ1) is 13.2. The van der Waals surface area contributed by atoms with Crippen LogP contribution in [0.3, 0.4) is 0 Å². The lowest BCUT2D eigenvalue weighted by atomic mass is 10.1. The Hall–Kier alpha value is -2.09. The summed E-state index contributed by atoms with van der Waals surface area (Å²) in [6, 6.07) is 4.37. The fourth-order valence-corrected chi connectivity index (χ4v) is 4.44. The van der Waals surface area contributed by atoms with Crippen molar-refractivity contribution in [1.82, 2.24) is 25.0 Å². The van der Waals surface area contributed by atoms with Crippen molar-refractivity contribution in [3.05, 3.63) is 28.0 Å². The Balaban J connectivity index is 1.35. The maximum atomic E-state index is 12.7. The Morgan fingerprint density at radius 3 is 2.63 bits per heavy atom. The molecule has 2 aliphatic carbocycles. The average molecular weight is 390 g/mol. The molecule has 0 spiro atoms. The normalized spacial score (nSPS) is 18.2. The van der Waals surface area contributed by atoms with Crippen LogP contribution in [0.2, 0.25) is 0 Å². The van der Waals surface area contributed by atoms with E-state index in [1.165, 1.54) is 30.4 Å². The van der Waals surface area contributed by atoms with E-state index in [0.29, 0.717) is 13.1 Å². The molecule has 2 aromatic heterocycles. The van der Waals surface area contributed by atoms with Crippen LogP contribution in [0.15, 0.2) is 22.3 Å². The Kier molecular flexibility index (Phi) is 5.61. The van der Waals surface area contributed by atoms with E-state index >= 15 is 0 Å². The van der Waals surface area contributed by atoms with Gasteiger partial charge in [-0.3, -0.25) is 4.57 Å². The first-order valence-corrected chi connectivity index (χ1v) is 10.9. The molecule has 0 unspecified atom stereocenters. The van der Waals surface area contributed by atoms with Gasteiger partial charge in [-0.1, -0.05) is 31.7 Å². The van der Waals surface area contributed by atoms with Gasteiger partial charge in [0.2, 0.25) is 0 Å². The van der Waals surface area contributed by atoms with Gasteiger partial charge in [-0.25, -0.2) is 14.3 Å². The van der Waals surface area contributed by atoms with Gasteiger partial charge in [-0.15, -0.1) is 16.4 Å². The number of carbonyl (C=O) groups is 1. The fourth-order valence-electron chi connectivity index (χ4n) is 3.74. The van der Waals surface area contributed by atoms with Crippen molar-refractivity contribution in [1.29, 1.82) is 0 Å². The average Bonchev–Trinajstić information content (AvgIpc) is 3.32. The summed E-state index contributed by atoms with van der Waals surface area (Å²) in [6.07, 6.45) is 9.08. The molecule has 2 aliphatic rings. The second kappa shape index (κ2) is 8.29. The Bertz CT molecular complexity index is 814. The van der Waals surface area contributed by atoms with Gasteiger partial charge >= 0.3 is 11.7 Å². The van der Waals surface area contributed by atoms with Crippen LogP contribution in [-0.2, 0) is 6.54 Å². The minimum Gasteiger partial charge on any atom is -0.336 e. The molecule has 0 radical (unpaired) electrons. The number of rotatable bonds is 6. The van der Waals surface area contributed by atoms with E-state index < -0.39 is 0 Å². The van der Waals surface area contributed by atoms with E-state index in [4.69, 9.17) is 0 Å². The van der Waals surface area contributed by atoms with Gasteiger partial charge < -0.3 is 10.6 Å². The molecular weight excluding hydrogens is 362 g/mol. The Labute approximate surface area is 162 Å². The number of hydrogen-bond acceptors (Lipinski definition) is 4. The molecule has 2 amide bonds. The largest absolute Gasteiger partial charge is 0.346 e. The number of hydrogen-bond donors (Lipinski definition) is 2. The molecule has 2 saturated carbocycles. The van der Waals surface area contributed by atoms with Crippen LogP contribution in [0, 0.1) is 0 Å². The van der Waals surface area contributed by atoms with Crippen molar-refractivity contribution >= 4 is 17.4 Å². The summed E-state index contributed by atoms with van der Waals surface area (Å²) in [7, 11) is 0. The maximum absolute atomic E-state index is 12.7.